The van der Waals surface area contributed by atoms with Crippen molar-refractivity contribution in [2.24, 2.45) is 11.8 Å². The van der Waals surface area contributed by atoms with Gasteiger partial charge in [0.15, 0.2) is 5.01 Å². The molecular formula is C26H31N7O5S2. The molecule has 3 atom stereocenters. The third kappa shape index (κ3) is 6.09. The minimum Gasteiger partial charge on any atom is -0.477 e. The average Bonchev–Trinajstić information content (AvgIpc) is 3.34. The van der Waals surface area contributed by atoms with Crippen LogP contribution in [0.2, 0.25) is 0 Å². The van der Waals surface area contributed by atoms with Crippen LogP contribution in [-0.4, -0.2) is 83.9 Å². The van der Waals surface area contributed by atoms with E-state index >= 15 is 0 Å². The van der Waals surface area contributed by atoms with Crippen molar-refractivity contribution in [3.05, 3.63) is 47.6 Å². The van der Waals surface area contributed by atoms with Crippen molar-refractivity contribution in [2.45, 2.75) is 31.1 Å². The van der Waals surface area contributed by atoms with Gasteiger partial charge in [0.1, 0.15) is 5.69 Å². The Morgan fingerprint density at radius 1 is 1.20 bits per heavy atom. The molecule has 3 aromatic heterocycles. The monoisotopic (exact) mass is 585 g/mol. The Balaban J connectivity index is 1.21. The summed E-state index contributed by atoms with van der Waals surface area (Å²) in [7, 11) is -3.43. The van der Waals surface area contributed by atoms with Crippen LogP contribution in [0.1, 0.15) is 41.3 Å². The largest absolute Gasteiger partial charge is 0.477 e. The SMILES string of the molecule is CCOc1cncc(-c2cnc(C(=O)N[C@@H](CN3C[C@H]4COC[C@H]4C3)c3cc(NS(=O)(=O)C4CC4)ccn3)s2)n1. The van der Waals surface area contributed by atoms with Crippen molar-refractivity contribution in [1.29, 1.82) is 0 Å². The summed E-state index contributed by atoms with van der Waals surface area (Å²) in [5.41, 5.74) is 1.58. The second-order valence-corrected chi connectivity index (χ2v) is 13.3. The van der Waals surface area contributed by atoms with Crippen LogP contribution in [0.3, 0.4) is 0 Å². The lowest BCUT2D eigenvalue weighted by Gasteiger charge is -2.25. The molecule has 14 heteroatoms. The van der Waals surface area contributed by atoms with Gasteiger partial charge in [0, 0.05) is 43.9 Å². The summed E-state index contributed by atoms with van der Waals surface area (Å²) in [4.78, 5) is 33.9. The second kappa shape index (κ2) is 11.4. The number of hydrogen-bond donors (Lipinski definition) is 2. The van der Waals surface area contributed by atoms with Gasteiger partial charge in [0.05, 0.1) is 59.8 Å². The van der Waals surface area contributed by atoms with E-state index in [-0.39, 0.29) is 16.2 Å². The maximum absolute atomic E-state index is 13.4. The molecule has 0 unspecified atom stereocenters. The van der Waals surface area contributed by atoms with E-state index in [1.54, 1.807) is 30.7 Å². The van der Waals surface area contributed by atoms with Crippen LogP contribution >= 0.6 is 11.3 Å². The van der Waals surface area contributed by atoms with Crippen molar-refractivity contribution in [3.8, 4) is 16.5 Å². The number of pyridine rings is 1. The first-order valence-electron chi connectivity index (χ1n) is 13.4. The van der Waals surface area contributed by atoms with Gasteiger partial charge in [-0.25, -0.2) is 18.4 Å². The van der Waals surface area contributed by atoms with E-state index in [0.717, 1.165) is 26.3 Å². The van der Waals surface area contributed by atoms with E-state index in [1.165, 1.54) is 17.5 Å². The van der Waals surface area contributed by atoms with Gasteiger partial charge in [0.2, 0.25) is 15.9 Å². The van der Waals surface area contributed by atoms with E-state index in [4.69, 9.17) is 9.47 Å². The predicted molar refractivity (Wildman–Crippen MR) is 149 cm³/mol. The molecule has 3 fully saturated rings. The quantitative estimate of drug-likeness (QED) is 0.343. The van der Waals surface area contributed by atoms with Crippen LogP contribution in [0.4, 0.5) is 5.69 Å². The smallest absolute Gasteiger partial charge is 0.280 e. The zero-order valence-electron chi connectivity index (χ0n) is 22.0. The van der Waals surface area contributed by atoms with E-state index < -0.39 is 16.1 Å². The summed E-state index contributed by atoms with van der Waals surface area (Å²) < 4.78 is 38.8. The Morgan fingerprint density at radius 2 is 2.00 bits per heavy atom. The molecule has 1 saturated carbocycles. The normalized spacial score (nSPS) is 21.6. The number of aromatic nitrogens is 4. The highest BCUT2D eigenvalue weighted by molar-refractivity contribution is 7.93. The standard InChI is InChI=1S/C26H31N7O5S2/c1-2-38-24-10-27-8-21(30-24)23-9-29-26(39-23)25(34)31-22(13-33-11-16-14-37-15-17(16)12-33)20-7-18(5-6-28-20)32-40(35,36)19-3-4-19/h5-10,16-17,19,22H,2-4,11-15H2,1H3,(H,28,32)(H,31,34)/t16-,17+,22-/m0/s1. The van der Waals surface area contributed by atoms with Crippen LogP contribution in [0.15, 0.2) is 36.9 Å². The summed E-state index contributed by atoms with van der Waals surface area (Å²) in [5.74, 6) is 1.03. The Bertz CT molecular complexity index is 1470. The third-order valence-electron chi connectivity index (χ3n) is 7.28. The number of carbonyl (C=O) groups excluding carboxylic acids is 1. The lowest BCUT2D eigenvalue weighted by Crippen LogP contribution is -2.38. The van der Waals surface area contributed by atoms with Crippen molar-refractivity contribution in [2.75, 3.05) is 44.2 Å². The maximum atomic E-state index is 13.4. The molecule has 1 aliphatic carbocycles. The highest BCUT2D eigenvalue weighted by Gasteiger charge is 2.38. The molecule has 5 heterocycles. The zero-order valence-corrected chi connectivity index (χ0v) is 23.7. The predicted octanol–water partition coefficient (Wildman–Crippen LogP) is 2.35. The zero-order chi connectivity index (χ0) is 27.7. The van der Waals surface area contributed by atoms with Crippen LogP contribution in [-0.2, 0) is 14.8 Å². The van der Waals surface area contributed by atoms with Crippen molar-refractivity contribution in [3.63, 3.8) is 0 Å². The summed E-state index contributed by atoms with van der Waals surface area (Å²) in [6.07, 6.45) is 7.65. The number of ether oxygens (including phenoxy) is 2. The Hall–Kier alpha value is -3.20. The van der Waals surface area contributed by atoms with Gasteiger partial charge in [-0.3, -0.25) is 19.5 Å². The molecule has 40 heavy (non-hydrogen) atoms. The maximum Gasteiger partial charge on any atom is 0.280 e. The minimum absolute atomic E-state index is 0.279. The molecule has 12 nitrogen and oxygen atoms in total. The fraction of sp³-hybridized carbons (Fsp3) is 0.500. The second-order valence-electron chi connectivity index (χ2n) is 10.3. The number of anilines is 1. The van der Waals surface area contributed by atoms with Crippen LogP contribution in [0.25, 0.3) is 10.6 Å². The van der Waals surface area contributed by atoms with E-state index in [9.17, 15) is 13.2 Å². The topological polar surface area (TPSA) is 149 Å². The molecule has 6 rings (SSSR count). The molecule has 0 radical (unpaired) electrons. The number of carbonyl (C=O) groups is 1. The van der Waals surface area contributed by atoms with Crippen LogP contribution in [0.5, 0.6) is 5.88 Å². The molecule has 3 aromatic rings. The molecule has 1 amide bonds. The fourth-order valence-corrected chi connectivity index (χ4v) is 7.29. The highest BCUT2D eigenvalue weighted by Crippen LogP contribution is 2.32. The number of nitrogens with one attached hydrogen (secondary N) is 2. The molecule has 2 aliphatic heterocycles. The van der Waals surface area contributed by atoms with Crippen LogP contribution < -0.4 is 14.8 Å². The van der Waals surface area contributed by atoms with Crippen molar-refractivity contribution < 1.29 is 22.7 Å². The lowest BCUT2D eigenvalue weighted by molar-refractivity contribution is 0.0920. The molecule has 212 valence electrons. The first kappa shape index (κ1) is 27.0. The average molecular weight is 586 g/mol. The van der Waals surface area contributed by atoms with Gasteiger partial charge in [-0.1, -0.05) is 0 Å². The third-order valence-corrected chi connectivity index (χ3v) is 10.2. The van der Waals surface area contributed by atoms with Gasteiger partial charge < -0.3 is 19.7 Å². The minimum atomic E-state index is -3.43. The molecule has 2 N–H and O–H groups in total. The van der Waals surface area contributed by atoms with Crippen molar-refractivity contribution >= 4 is 33.0 Å². The number of hydrogen-bond acceptors (Lipinski definition) is 11. The van der Waals surface area contributed by atoms with Gasteiger partial charge in [-0.05, 0) is 31.9 Å². The molecule has 2 saturated heterocycles. The van der Waals surface area contributed by atoms with Gasteiger partial charge in [-0.15, -0.1) is 11.3 Å². The number of sulfonamides is 1. The number of likely N-dealkylation sites (tertiary alicyclic amines) is 1. The first-order valence-corrected chi connectivity index (χ1v) is 15.7. The first-order chi connectivity index (χ1) is 19.4. The molecule has 0 bridgehead atoms. The fourth-order valence-electron chi connectivity index (χ4n) is 5.13. The number of fused-ring (bicyclic) bond motifs is 1. The summed E-state index contributed by atoms with van der Waals surface area (Å²) in [6, 6.07) is 2.85. The highest BCUT2D eigenvalue weighted by atomic mass is 32.2. The number of rotatable bonds is 11. The summed E-state index contributed by atoms with van der Waals surface area (Å²) >= 11 is 1.21. The lowest BCUT2D eigenvalue weighted by atomic mass is 10.0. The number of amides is 1. The van der Waals surface area contributed by atoms with Crippen molar-refractivity contribution in [1.82, 2.24) is 30.2 Å². The molecule has 3 aliphatic rings. The molecular weight excluding hydrogens is 554 g/mol. The Labute approximate surface area is 236 Å². The van der Waals surface area contributed by atoms with Gasteiger partial charge in [0.25, 0.3) is 5.91 Å². The number of thiazole rings is 1. The number of nitrogens with zero attached hydrogens (tertiary/aromatic N) is 5. The molecule has 0 spiro atoms. The van der Waals surface area contributed by atoms with E-state index in [1.807, 2.05) is 6.92 Å². The van der Waals surface area contributed by atoms with Gasteiger partial charge >= 0.3 is 0 Å². The van der Waals surface area contributed by atoms with Crippen LogP contribution in [0, 0.1) is 11.8 Å². The summed E-state index contributed by atoms with van der Waals surface area (Å²) in [6.45, 7) is 6.13. The molecule has 0 aromatic carbocycles. The Morgan fingerprint density at radius 3 is 2.75 bits per heavy atom. The van der Waals surface area contributed by atoms with E-state index in [0.29, 0.717) is 65.7 Å². The van der Waals surface area contributed by atoms with E-state index in [2.05, 4.69) is 34.9 Å². The Kier molecular flexibility index (Phi) is 7.66. The van der Waals surface area contributed by atoms with Gasteiger partial charge in [-0.2, -0.15) is 0 Å². The summed E-state index contributed by atoms with van der Waals surface area (Å²) in [5, 5.41) is 3.03.